The molecule has 270 valence electrons. The summed E-state index contributed by atoms with van der Waals surface area (Å²) >= 11 is 0. The van der Waals surface area contributed by atoms with Gasteiger partial charge in [0.05, 0.1) is 11.0 Å². The van der Waals surface area contributed by atoms with E-state index in [0.717, 1.165) is 83.2 Å². The maximum atomic E-state index is 6.77. The SMILES string of the molecule is c1ccc(C2=NC(c3ccc4c(c3)oc3cc(-c5cccc6c5oc5cc(-n7c8ccccc8c8ccccc87)ccc56)ccc34)NC(c3ccccc3)N2)cc1. The van der Waals surface area contributed by atoms with E-state index < -0.39 is 0 Å². The zero-order valence-corrected chi connectivity index (χ0v) is 30.7. The predicted molar refractivity (Wildman–Crippen MR) is 232 cm³/mol. The normalized spacial score (nSPS) is 15.9. The molecule has 12 rings (SSSR count). The molecule has 57 heavy (non-hydrogen) atoms. The van der Waals surface area contributed by atoms with Crippen LogP contribution in [-0.2, 0) is 0 Å². The highest BCUT2D eigenvalue weighted by Crippen LogP contribution is 2.40. The molecule has 4 heterocycles. The molecule has 0 fully saturated rings. The average molecular weight is 735 g/mol. The number of benzene rings is 8. The van der Waals surface area contributed by atoms with E-state index in [1.807, 2.05) is 24.3 Å². The first-order chi connectivity index (χ1) is 28.2. The molecule has 3 aromatic heterocycles. The van der Waals surface area contributed by atoms with Gasteiger partial charge in [0.25, 0.3) is 0 Å². The van der Waals surface area contributed by atoms with Crippen LogP contribution in [0.4, 0.5) is 0 Å². The number of fused-ring (bicyclic) bond motifs is 9. The average Bonchev–Trinajstić information content (AvgIpc) is 3.95. The van der Waals surface area contributed by atoms with E-state index in [1.54, 1.807) is 0 Å². The molecule has 1 aliphatic heterocycles. The monoisotopic (exact) mass is 734 g/mol. The lowest BCUT2D eigenvalue weighted by atomic mass is 10.0. The van der Waals surface area contributed by atoms with Gasteiger partial charge in [-0.1, -0.05) is 133 Å². The molecule has 6 nitrogen and oxygen atoms in total. The molecule has 0 radical (unpaired) electrons. The van der Waals surface area contributed by atoms with Crippen molar-refractivity contribution in [2.24, 2.45) is 4.99 Å². The molecule has 2 N–H and O–H groups in total. The summed E-state index contributed by atoms with van der Waals surface area (Å²) < 4.78 is 15.7. The Morgan fingerprint density at radius 3 is 1.88 bits per heavy atom. The van der Waals surface area contributed by atoms with Crippen LogP contribution in [0.3, 0.4) is 0 Å². The van der Waals surface area contributed by atoms with Gasteiger partial charge >= 0.3 is 0 Å². The zero-order chi connectivity index (χ0) is 37.5. The van der Waals surface area contributed by atoms with Crippen molar-refractivity contribution in [2.45, 2.75) is 12.3 Å². The van der Waals surface area contributed by atoms with Crippen LogP contribution in [0.15, 0.2) is 196 Å². The van der Waals surface area contributed by atoms with Crippen LogP contribution < -0.4 is 10.6 Å². The molecule has 8 aromatic carbocycles. The van der Waals surface area contributed by atoms with Crippen LogP contribution in [0.2, 0.25) is 0 Å². The van der Waals surface area contributed by atoms with Gasteiger partial charge in [0.2, 0.25) is 0 Å². The molecular weight excluding hydrogens is 701 g/mol. The number of nitrogens with zero attached hydrogens (tertiary/aromatic N) is 2. The molecule has 2 unspecified atom stereocenters. The van der Waals surface area contributed by atoms with Gasteiger partial charge in [0, 0.05) is 55.2 Å². The number of rotatable bonds is 5. The minimum absolute atomic E-state index is 0.112. The number of hydrogen-bond acceptors (Lipinski definition) is 5. The summed E-state index contributed by atoms with van der Waals surface area (Å²) in [5, 5.41) is 14.1. The van der Waals surface area contributed by atoms with Crippen LogP contribution in [0.1, 0.15) is 29.0 Å². The van der Waals surface area contributed by atoms with E-state index in [1.165, 1.54) is 21.8 Å². The maximum absolute atomic E-state index is 6.77. The molecule has 0 aliphatic carbocycles. The largest absolute Gasteiger partial charge is 0.456 e. The van der Waals surface area contributed by atoms with Gasteiger partial charge in [-0.05, 0) is 59.2 Å². The molecule has 0 amide bonds. The number of furan rings is 2. The smallest absolute Gasteiger partial charge is 0.143 e. The van der Waals surface area contributed by atoms with Crippen molar-refractivity contribution in [3.63, 3.8) is 0 Å². The lowest BCUT2D eigenvalue weighted by Gasteiger charge is -2.32. The van der Waals surface area contributed by atoms with Crippen molar-refractivity contribution >= 4 is 71.5 Å². The molecule has 0 spiro atoms. The number of para-hydroxylation sites is 3. The summed E-state index contributed by atoms with van der Waals surface area (Å²) in [6.07, 6.45) is -0.389. The Hall–Kier alpha value is -7.41. The van der Waals surface area contributed by atoms with E-state index in [4.69, 9.17) is 13.8 Å². The first-order valence-corrected chi connectivity index (χ1v) is 19.3. The standard InChI is InChI=1S/C51H34N4O2/c1-3-12-31(13-4-1)49-52-50(32-14-5-2-6-15-32)54-51(53-49)34-23-26-40-39-25-22-33(28-45(39)56-46(40)29-34)36-18-11-19-42-41-27-24-35(30-47(41)57-48(36)42)55-43-20-9-7-16-37(43)38-17-8-10-21-44(38)55/h1-30,49,51,53H,(H,52,54). The van der Waals surface area contributed by atoms with Crippen molar-refractivity contribution in [2.75, 3.05) is 0 Å². The highest BCUT2D eigenvalue weighted by molar-refractivity contribution is 6.13. The van der Waals surface area contributed by atoms with Crippen LogP contribution in [0.5, 0.6) is 0 Å². The number of nitrogens with one attached hydrogen (secondary N) is 2. The Labute approximate surface area is 327 Å². The fourth-order valence-electron chi connectivity index (χ4n) is 8.77. The third-order valence-corrected chi connectivity index (χ3v) is 11.5. The number of aliphatic imine (C=N–C) groups is 1. The highest BCUT2D eigenvalue weighted by atomic mass is 16.3. The van der Waals surface area contributed by atoms with E-state index in [2.05, 4.69) is 173 Å². The van der Waals surface area contributed by atoms with Crippen LogP contribution in [0, 0.1) is 0 Å². The third-order valence-electron chi connectivity index (χ3n) is 11.5. The quantitative estimate of drug-likeness (QED) is 0.185. The number of aromatic nitrogens is 1. The molecular formula is C51H34N4O2. The fourth-order valence-corrected chi connectivity index (χ4v) is 8.77. The molecule has 0 saturated heterocycles. The summed E-state index contributed by atoms with van der Waals surface area (Å²) in [6.45, 7) is 0. The second-order valence-corrected chi connectivity index (χ2v) is 14.8. The van der Waals surface area contributed by atoms with Gasteiger partial charge in [-0.15, -0.1) is 0 Å². The first-order valence-electron chi connectivity index (χ1n) is 19.3. The van der Waals surface area contributed by atoms with Crippen molar-refractivity contribution in [3.05, 3.63) is 199 Å². The zero-order valence-electron chi connectivity index (χ0n) is 30.7. The molecule has 0 saturated carbocycles. The summed E-state index contributed by atoms with van der Waals surface area (Å²) in [5.74, 6) is 0.852. The second kappa shape index (κ2) is 12.6. The Kier molecular flexibility index (Phi) is 7.03. The lowest BCUT2D eigenvalue weighted by molar-refractivity contribution is 0.409. The van der Waals surface area contributed by atoms with Gasteiger partial charge in [-0.3, -0.25) is 5.32 Å². The Bertz CT molecular complexity index is 3320. The lowest BCUT2D eigenvalue weighted by Crippen LogP contribution is -2.44. The van der Waals surface area contributed by atoms with Crippen LogP contribution in [0.25, 0.3) is 82.5 Å². The highest BCUT2D eigenvalue weighted by Gasteiger charge is 2.26. The van der Waals surface area contributed by atoms with Crippen molar-refractivity contribution in [3.8, 4) is 16.8 Å². The maximum Gasteiger partial charge on any atom is 0.143 e. The second-order valence-electron chi connectivity index (χ2n) is 14.8. The number of hydrogen-bond donors (Lipinski definition) is 2. The van der Waals surface area contributed by atoms with Gasteiger partial charge in [0.15, 0.2) is 0 Å². The number of amidine groups is 1. The van der Waals surface area contributed by atoms with Crippen molar-refractivity contribution < 1.29 is 8.83 Å². The fraction of sp³-hybridized carbons (Fsp3) is 0.0392. The van der Waals surface area contributed by atoms with Gasteiger partial charge in [-0.2, -0.15) is 0 Å². The minimum atomic E-state index is -0.277. The molecule has 11 aromatic rings. The minimum Gasteiger partial charge on any atom is -0.456 e. The van der Waals surface area contributed by atoms with Crippen LogP contribution >= 0.6 is 0 Å². The van der Waals surface area contributed by atoms with Crippen molar-refractivity contribution in [1.29, 1.82) is 0 Å². The summed E-state index contributed by atoms with van der Waals surface area (Å²) in [7, 11) is 0. The van der Waals surface area contributed by atoms with E-state index in [9.17, 15) is 0 Å². The van der Waals surface area contributed by atoms with E-state index in [0.29, 0.717) is 0 Å². The van der Waals surface area contributed by atoms with Gasteiger partial charge in [-0.25, -0.2) is 4.99 Å². The summed E-state index contributed by atoms with van der Waals surface area (Å²) in [4.78, 5) is 5.15. The van der Waals surface area contributed by atoms with E-state index >= 15 is 0 Å². The molecule has 6 heteroatoms. The van der Waals surface area contributed by atoms with Crippen LogP contribution in [-0.4, -0.2) is 10.4 Å². The molecule has 0 bridgehead atoms. The Morgan fingerprint density at radius 1 is 0.456 bits per heavy atom. The Balaban J connectivity index is 0.928. The predicted octanol–water partition coefficient (Wildman–Crippen LogP) is 12.6. The third kappa shape index (κ3) is 5.12. The summed E-state index contributed by atoms with van der Waals surface area (Å²) in [5.41, 5.74) is 12.1. The first kappa shape index (κ1) is 31.9. The van der Waals surface area contributed by atoms with E-state index in [-0.39, 0.29) is 12.3 Å². The van der Waals surface area contributed by atoms with Gasteiger partial charge < -0.3 is 18.7 Å². The molecule has 1 aliphatic rings. The van der Waals surface area contributed by atoms with Gasteiger partial charge in [0.1, 0.15) is 40.5 Å². The Morgan fingerprint density at radius 2 is 1.09 bits per heavy atom. The topological polar surface area (TPSA) is 67.6 Å². The molecule has 2 atom stereocenters. The van der Waals surface area contributed by atoms with Crippen molar-refractivity contribution in [1.82, 2.24) is 15.2 Å². The summed E-state index contributed by atoms with van der Waals surface area (Å²) in [6, 6.07) is 63.8.